The summed E-state index contributed by atoms with van der Waals surface area (Å²) in [7, 11) is 2.10. The minimum Gasteiger partial charge on any atom is -0.345 e. The number of aromatic nitrogens is 2. The molecule has 0 spiro atoms. The Bertz CT molecular complexity index is 1420. The molecule has 0 radical (unpaired) electrons. The van der Waals surface area contributed by atoms with Crippen LogP contribution in [0.2, 0.25) is 5.02 Å². The standard InChI is InChI=1S/C26H25ClF3N5OS/c1-3-20-15-33(2)8-9-34(20)25-32-24(36)23(37-25)11-16-4-7-22-18(10-16)13-31-35(22)14-17-5-6-19(27)12-21(17)26(28,29)30/h4-7,10-13,20H,3,8-9,14-15H2,1-2H3/t20-/m0/s1. The lowest BCUT2D eigenvalue weighted by atomic mass is 10.1. The number of carbonyl (C=O) groups excluding carboxylic acids is 1. The summed E-state index contributed by atoms with van der Waals surface area (Å²) in [5.74, 6) is -0.257. The normalized spacial score (nSPS) is 20.3. The van der Waals surface area contributed by atoms with Crippen LogP contribution in [-0.2, 0) is 17.5 Å². The number of hydrogen-bond acceptors (Lipinski definition) is 5. The Labute approximate surface area is 221 Å². The van der Waals surface area contributed by atoms with Crippen LogP contribution in [0.4, 0.5) is 13.2 Å². The van der Waals surface area contributed by atoms with Crippen molar-refractivity contribution in [3.8, 4) is 0 Å². The minimum absolute atomic E-state index is 0.0309. The van der Waals surface area contributed by atoms with Crippen molar-refractivity contribution in [2.45, 2.75) is 32.1 Å². The van der Waals surface area contributed by atoms with Gasteiger partial charge in [-0.15, -0.1) is 0 Å². The second-order valence-electron chi connectivity index (χ2n) is 9.25. The lowest BCUT2D eigenvalue weighted by Gasteiger charge is -2.40. The van der Waals surface area contributed by atoms with E-state index in [9.17, 15) is 18.0 Å². The Morgan fingerprint density at radius 3 is 2.76 bits per heavy atom. The largest absolute Gasteiger partial charge is 0.416 e. The molecule has 194 valence electrons. The molecule has 0 unspecified atom stereocenters. The van der Waals surface area contributed by atoms with Crippen LogP contribution in [-0.4, -0.2) is 63.4 Å². The Morgan fingerprint density at radius 2 is 2.00 bits per heavy atom. The number of nitrogens with zero attached hydrogens (tertiary/aromatic N) is 5. The molecule has 1 fully saturated rings. The number of rotatable bonds is 4. The Morgan fingerprint density at radius 1 is 1.19 bits per heavy atom. The average molecular weight is 548 g/mol. The van der Waals surface area contributed by atoms with Crippen LogP contribution in [0.1, 0.15) is 30.0 Å². The Hall–Kier alpha value is -2.82. The molecule has 2 aromatic carbocycles. The van der Waals surface area contributed by atoms with Crippen molar-refractivity contribution in [2.24, 2.45) is 4.99 Å². The lowest BCUT2D eigenvalue weighted by Crippen LogP contribution is -2.52. The summed E-state index contributed by atoms with van der Waals surface area (Å²) in [5, 5.41) is 5.85. The van der Waals surface area contributed by atoms with Crippen molar-refractivity contribution in [3.63, 3.8) is 0 Å². The van der Waals surface area contributed by atoms with E-state index in [0.717, 1.165) is 48.2 Å². The fraction of sp³-hybridized carbons (Fsp3) is 0.346. The molecule has 2 aliphatic heterocycles. The Balaban J connectivity index is 1.36. The number of benzene rings is 2. The highest BCUT2D eigenvalue weighted by molar-refractivity contribution is 8.18. The lowest BCUT2D eigenvalue weighted by molar-refractivity contribution is -0.138. The smallest absolute Gasteiger partial charge is 0.345 e. The number of likely N-dealkylation sites (N-methyl/N-ethyl adjacent to an activating group) is 1. The number of carbonyl (C=O) groups is 1. The summed E-state index contributed by atoms with van der Waals surface area (Å²) in [6.45, 7) is 4.78. The average Bonchev–Trinajstić information content (AvgIpc) is 3.42. The van der Waals surface area contributed by atoms with Gasteiger partial charge in [-0.3, -0.25) is 9.48 Å². The summed E-state index contributed by atoms with van der Waals surface area (Å²) in [5.41, 5.74) is 0.797. The SMILES string of the molecule is CC[C@H]1CN(C)CCN1C1=NC(=O)C(=Cc2ccc3c(cnn3Cc3ccc(Cl)cc3C(F)(F)F)c2)S1. The monoisotopic (exact) mass is 547 g/mol. The van der Waals surface area contributed by atoms with Crippen LogP contribution in [0.5, 0.6) is 0 Å². The highest BCUT2D eigenvalue weighted by Crippen LogP contribution is 2.35. The highest BCUT2D eigenvalue weighted by atomic mass is 35.5. The summed E-state index contributed by atoms with van der Waals surface area (Å²) in [6, 6.07) is 9.58. The molecule has 0 bridgehead atoms. The van der Waals surface area contributed by atoms with Crippen molar-refractivity contribution < 1.29 is 18.0 Å². The molecule has 6 nitrogen and oxygen atoms in total. The predicted molar refractivity (Wildman–Crippen MR) is 142 cm³/mol. The second kappa shape index (κ2) is 10.2. The van der Waals surface area contributed by atoms with E-state index in [4.69, 9.17) is 11.6 Å². The van der Waals surface area contributed by atoms with Gasteiger partial charge in [0, 0.05) is 36.1 Å². The molecule has 1 saturated heterocycles. The van der Waals surface area contributed by atoms with Crippen molar-refractivity contribution in [1.82, 2.24) is 19.6 Å². The number of fused-ring (bicyclic) bond motifs is 1. The molecule has 2 aliphatic rings. The zero-order chi connectivity index (χ0) is 26.3. The van der Waals surface area contributed by atoms with Crippen molar-refractivity contribution >= 4 is 51.4 Å². The zero-order valence-corrected chi connectivity index (χ0v) is 21.9. The van der Waals surface area contributed by atoms with Gasteiger partial charge in [0.1, 0.15) is 0 Å². The van der Waals surface area contributed by atoms with Crippen LogP contribution in [0.15, 0.2) is 52.5 Å². The molecule has 1 aromatic heterocycles. The van der Waals surface area contributed by atoms with Crippen LogP contribution < -0.4 is 0 Å². The molecule has 3 aromatic rings. The number of piperazine rings is 1. The van der Waals surface area contributed by atoms with E-state index in [1.165, 1.54) is 28.6 Å². The van der Waals surface area contributed by atoms with E-state index < -0.39 is 11.7 Å². The zero-order valence-electron chi connectivity index (χ0n) is 20.3. The quantitative estimate of drug-likeness (QED) is 0.389. The van der Waals surface area contributed by atoms with Crippen LogP contribution in [0.25, 0.3) is 17.0 Å². The minimum atomic E-state index is -4.52. The fourth-order valence-electron chi connectivity index (χ4n) is 4.72. The van der Waals surface area contributed by atoms with Gasteiger partial charge in [0.15, 0.2) is 5.17 Å². The number of amidine groups is 1. The van der Waals surface area contributed by atoms with Gasteiger partial charge in [0.2, 0.25) is 0 Å². The second-order valence-corrected chi connectivity index (χ2v) is 10.7. The van der Waals surface area contributed by atoms with E-state index in [1.54, 1.807) is 18.3 Å². The van der Waals surface area contributed by atoms with Crippen molar-refractivity contribution in [1.29, 1.82) is 0 Å². The van der Waals surface area contributed by atoms with E-state index >= 15 is 0 Å². The summed E-state index contributed by atoms with van der Waals surface area (Å²) in [4.78, 5) is 22.0. The highest BCUT2D eigenvalue weighted by Gasteiger charge is 2.34. The van der Waals surface area contributed by atoms with Gasteiger partial charge in [-0.05, 0) is 66.7 Å². The summed E-state index contributed by atoms with van der Waals surface area (Å²) >= 11 is 7.19. The summed E-state index contributed by atoms with van der Waals surface area (Å²) < 4.78 is 42.1. The first-order chi connectivity index (χ1) is 17.6. The molecule has 37 heavy (non-hydrogen) atoms. The predicted octanol–water partition coefficient (Wildman–Crippen LogP) is 5.75. The first-order valence-corrected chi connectivity index (χ1v) is 13.1. The summed E-state index contributed by atoms with van der Waals surface area (Å²) in [6.07, 6.45) is -0.130. The van der Waals surface area contributed by atoms with Gasteiger partial charge in [-0.25, -0.2) is 0 Å². The third-order valence-electron chi connectivity index (χ3n) is 6.67. The maximum absolute atomic E-state index is 13.5. The molecular formula is C26H25ClF3N5OS. The molecule has 1 amide bonds. The number of aliphatic imine (C=N–C) groups is 1. The molecule has 5 rings (SSSR count). The van der Waals surface area contributed by atoms with Gasteiger partial charge in [0.05, 0.1) is 28.7 Å². The number of alkyl halides is 3. The Kier molecular flexibility index (Phi) is 7.08. The van der Waals surface area contributed by atoms with E-state index in [1.807, 2.05) is 12.1 Å². The first kappa shape index (κ1) is 25.8. The van der Waals surface area contributed by atoms with Crippen LogP contribution >= 0.6 is 23.4 Å². The molecule has 0 N–H and O–H groups in total. The van der Waals surface area contributed by atoms with Crippen molar-refractivity contribution in [2.75, 3.05) is 26.7 Å². The topological polar surface area (TPSA) is 53.7 Å². The molecular weight excluding hydrogens is 523 g/mol. The maximum Gasteiger partial charge on any atom is 0.416 e. The number of halogens is 4. The number of thioether (sulfide) groups is 1. The van der Waals surface area contributed by atoms with Crippen molar-refractivity contribution in [3.05, 3.63) is 69.2 Å². The van der Waals surface area contributed by atoms with E-state index in [2.05, 4.69) is 33.9 Å². The third kappa shape index (κ3) is 5.42. The van der Waals surface area contributed by atoms with Gasteiger partial charge in [-0.2, -0.15) is 23.3 Å². The molecule has 3 heterocycles. The molecule has 0 saturated carbocycles. The van der Waals surface area contributed by atoms with Gasteiger partial charge < -0.3 is 9.80 Å². The molecule has 1 atom stereocenters. The fourth-order valence-corrected chi connectivity index (χ4v) is 5.90. The molecule has 0 aliphatic carbocycles. The van der Waals surface area contributed by atoms with Gasteiger partial charge in [-0.1, -0.05) is 30.7 Å². The number of amides is 1. The maximum atomic E-state index is 13.5. The van der Waals surface area contributed by atoms with E-state index in [0.29, 0.717) is 16.5 Å². The molecule has 11 heteroatoms. The number of hydrogen-bond donors (Lipinski definition) is 0. The van der Waals surface area contributed by atoms with Gasteiger partial charge in [0.25, 0.3) is 5.91 Å². The van der Waals surface area contributed by atoms with Crippen LogP contribution in [0.3, 0.4) is 0 Å². The van der Waals surface area contributed by atoms with E-state index in [-0.39, 0.29) is 23.0 Å². The third-order valence-corrected chi connectivity index (χ3v) is 7.93. The first-order valence-electron chi connectivity index (χ1n) is 11.9. The van der Waals surface area contributed by atoms with Gasteiger partial charge >= 0.3 is 6.18 Å². The van der Waals surface area contributed by atoms with Crippen LogP contribution in [0, 0.1) is 0 Å².